The van der Waals surface area contributed by atoms with Crippen LogP contribution in [0.25, 0.3) is 93.5 Å². The molecule has 0 amide bonds. The molecule has 0 aliphatic heterocycles. The van der Waals surface area contributed by atoms with Gasteiger partial charge in [0.1, 0.15) is 0 Å². The van der Waals surface area contributed by atoms with Gasteiger partial charge in [0.05, 0.1) is 32.6 Å². The Morgan fingerprint density at radius 1 is 0.365 bits per heavy atom. The van der Waals surface area contributed by atoms with Crippen LogP contribution in [0, 0.1) is 0 Å². The lowest BCUT2D eigenvalue weighted by molar-refractivity contribution is 1.18. The minimum atomic E-state index is 0.691. The molecule has 0 unspecified atom stereocenters. The molecule has 0 N–H and O–H groups in total. The van der Waals surface area contributed by atoms with Gasteiger partial charge in [-0.1, -0.05) is 157 Å². The van der Waals surface area contributed by atoms with Gasteiger partial charge >= 0.3 is 0 Å². The van der Waals surface area contributed by atoms with Crippen LogP contribution in [-0.2, 0) is 0 Å². The average molecular weight is 683 g/mol. The van der Waals surface area contributed by atoms with E-state index in [1.165, 1.54) is 21.3 Å². The summed E-state index contributed by atoms with van der Waals surface area (Å²) in [5.41, 5.74) is 15.0. The molecule has 0 spiro atoms. The van der Waals surface area contributed by atoms with E-state index in [-0.39, 0.29) is 0 Å². The zero-order valence-corrected chi connectivity index (χ0v) is 28.8. The Morgan fingerprint density at radius 3 is 1.58 bits per heavy atom. The lowest BCUT2D eigenvalue weighted by Gasteiger charge is -2.14. The third-order valence-electron chi connectivity index (χ3n) is 9.67. The fourth-order valence-corrected chi connectivity index (χ4v) is 8.11. The molecular formula is C47H30N4S. The van der Waals surface area contributed by atoms with Crippen LogP contribution in [0.2, 0.25) is 0 Å². The number of fused-ring (bicyclic) bond motifs is 5. The number of hydrogen-bond donors (Lipinski definition) is 0. The first-order valence-electron chi connectivity index (χ1n) is 17.4. The summed E-state index contributed by atoms with van der Waals surface area (Å²) in [7, 11) is 0. The molecule has 4 nitrogen and oxygen atoms in total. The van der Waals surface area contributed by atoms with Crippen molar-refractivity contribution in [2.75, 3.05) is 0 Å². The second-order valence-electron chi connectivity index (χ2n) is 12.9. The van der Waals surface area contributed by atoms with E-state index in [4.69, 9.17) is 15.0 Å². The number of aromatic nitrogens is 4. The summed E-state index contributed by atoms with van der Waals surface area (Å²) in [6.07, 6.45) is 0. The molecule has 244 valence electrons. The van der Waals surface area contributed by atoms with E-state index in [1.807, 2.05) is 36.4 Å². The Hall–Kier alpha value is -6.69. The number of thiazole rings is 1. The smallest absolute Gasteiger partial charge is 0.195 e. The first-order chi connectivity index (χ1) is 25.7. The maximum absolute atomic E-state index is 5.14. The molecule has 0 saturated carbocycles. The molecule has 0 bridgehead atoms. The van der Waals surface area contributed by atoms with E-state index in [2.05, 4.69) is 150 Å². The van der Waals surface area contributed by atoms with Crippen molar-refractivity contribution in [2.45, 2.75) is 0 Å². The maximum Gasteiger partial charge on any atom is 0.195 e. The van der Waals surface area contributed by atoms with Crippen LogP contribution in [0.3, 0.4) is 0 Å². The predicted molar refractivity (Wildman–Crippen MR) is 216 cm³/mol. The highest BCUT2D eigenvalue weighted by Gasteiger charge is 2.17. The summed E-state index contributed by atoms with van der Waals surface area (Å²) >= 11 is 1.73. The molecule has 7 aromatic carbocycles. The molecule has 0 fully saturated rings. The van der Waals surface area contributed by atoms with Crippen molar-refractivity contribution >= 4 is 37.5 Å². The van der Waals surface area contributed by atoms with Crippen molar-refractivity contribution in [3.8, 4) is 67.3 Å². The molecule has 10 rings (SSSR count). The Kier molecular flexibility index (Phi) is 7.29. The number of nitrogens with zero attached hydrogens (tertiary/aromatic N) is 4. The lowest BCUT2D eigenvalue weighted by Crippen LogP contribution is -1.97. The summed E-state index contributed by atoms with van der Waals surface area (Å²) < 4.78 is 3.53. The standard InChI is InChI=1S/C47H30N4S/c1-5-13-31(14-6-1)35-23-26-45-44(28-35)51-43-29-36(22-25-40(43)50-47(51)52-45)38-24-21-37(27-39(38)32-15-7-2-8-16-32)46-48-41(33-17-9-3-10-18-33)30-42(49-46)34-19-11-4-12-20-34/h1-30H. The van der Waals surface area contributed by atoms with Gasteiger partial charge in [0.25, 0.3) is 0 Å². The van der Waals surface area contributed by atoms with Crippen LogP contribution in [0.4, 0.5) is 0 Å². The Bertz CT molecular complexity index is 2820. The topological polar surface area (TPSA) is 43.1 Å². The van der Waals surface area contributed by atoms with E-state index in [0.29, 0.717) is 5.82 Å². The van der Waals surface area contributed by atoms with E-state index in [0.717, 1.165) is 66.3 Å². The monoisotopic (exact) mass is 682 g/mol. The normalized spacial score (nSPS) is 11.5. The summed E-state index contributed by atoms with van der Waals surface area (Å²) in [5.74, 6) is 0.691. The van der Waals surface area contributed by atoms with Gasteiger partial charge in [-0.2, -0.15) is 0 Å². The Balaban J connectivity index is 1.14. The van der Waals surface area contributed by atoms with Crippen LogP contribution in [0.5, 0.6) is 0 Å². The first kappa shape index (κ1) is 30.2. The van der Waals surface area contributed by atoms with Crippen molar-refractivity contribution in [2.24, 2.45) is 0 Å². The van der Waals surface area contributed by atoms with Crippen molar-refractivity contribution in [3.05, 3.63) is 182 Å². The quantitative estimate of drug-likeness (QED) is 0.175. The van der Waals surface area contributed by atoms with E-state index >= 15 is 0 Å². The molecule has 0 aliphatic carbocycles. The molecular weight excluding hydrogens is 653 g/mol. The van der Waals surface area contributed by atoms with Gasteiger partial charge in [-0.25, -0.2) is 15.0 Å². The maximum atomic E-state index is 5.14. The highest BCUT2D eigenvalue weighted by atomic mass is 32.1. The van der Waals surface area contributed by atoms with Crippen molar-refractivity contribution < 1.29 is 0 Å². The molecule has 3 heterocycles. The average Bonchev–Trinajstić information content (AvgIpc) is 3.77. The van der Waals surface area contributed by atoms with Gasteiger partial charge in [0, 0.05) is 16.7 Å². The SMILES string of the molecule is c1ccc(-c2ccc3sc4nc5ccc(-c6ccc(-c7nc(-c8ccccc8)cc(-c8ccccc8)n7)cc6-c6ccccc6)cc5n4c3c2)cc1. The largest absolute Gasteiger partial charge is 0.283 e. The minimum absolute atomic E-state index is 0.691. The number of rotatable bonds is 6. The number of benzene rings is 7. The van der Waals surface area contributed by atoms with Gasteiger partial charge in [0.15, 0.2) is 10.8 Å². The van der Waals surface area contributed by atoms with Crippen LogP contribution in [0.1, 0.15) is 0 Å². The molecule has 3 aromatic heterocycles. The van der Waals surface area contributed by atoms with Crippen LogP contribution >= 0.6 is 11.3 Å². The molecule has 0 aliphatic rings. The zero-order valence-electron chi connectivity index (χ0n) is 28.0. The molecule has 0 radical (unpaired) electrons. The van der Waals surface area contributed by atoms with Crippen molar-refractivity contribution in [3.63, 3.8) is 0 Å². The van der Waals surface area contributed by atoms with Crippen molar-refractivity contribution in [1.82, 2.24) is 19.4 Å². The third-order valence-corrected chi connectivity index (χ3v) is 10.7. The summed E-state index contributed by atoms with van der Waals surface area (Å²) in [6.45, 7) is 0. The van der Waals surface area contributed by atoms with Gasteiger partial charge in [-0.3, -0.25) is 4.40 Å². The first-order valence-corrected chi connectivity index (χ1v) is 18.2. The molecule has 52 heavy (non-hydrogen) atoms. The predicted octanol–water partition coefficient (Wildman–Crippen LogP) is 12.5. The second-order valence-corrected chi connectivity index (χ2v) is 13.9. The van der Waals surface area contributed by atoms with E-state index in [9.17, 15) is 0 Å². The lowest BCUT2D eigenvalue weighted by atomic mass is 9.92. The van der Waals surface area contributed by atoms with Crippen LogP contribution in [0.15, 0.2) is 182 Å². The number of hydrogen-bond acceptors (Lipinski definition) is 4. The van der Waals surface area contributed by atoms with Crippen molar-refractivity contribution in [1.29, 1.82) is 0 Å². The second kappa shape index (κ2) is 12.6. The minimum Gasteiger partial charge on any atom is -0.283 e. The van der Waals surface area contributed by atoms with Crippen LogP contribution < -0.4 is 0 Å². The summed E-state index contributed by atoms with van der Waals surface area (Å²) in [6, 6.07) is 63.9. The summed E-state index contributed by atoms with van der Waals surface area (Å²) in [5, 5.41) is 0. The zero-order chi connectivity index (χ0) is 34.4. The number of imidazole rings is 1. The fourth-order valence-electron chi connectivity index (χ4n) is 7.09. The Labute approximate surface area is 305 Å². The van der Waals surface area contributed by atoms with E-state index < -0.39 is 0 Å². The highest BCUT2D eigenvalue weighted by Crippen LogP contribution is 2.39. The molecule has 10 aromatic rings. The fraction of sp³-hybridized carbons (Fsp3) is 0. The van der Waals surface area contributed by atoms with Gasteiger partial charge in [-0.15, -0.1) is 0 Å². The van der Waals surface area contributed by atoms with Gasteiger partial charge in [0.2, 0.25) is 0 Å². The van der Waals surface area contributed by atoms with Crippen LogP contribution in [-0.4, -0.2) is 19.4 Å². The summed E-state index contributed by atoms with van der Waals surface area (Å²) in [4.78, 5) is 16.3. The van der Waals surface area contributed by atoms with Gasteiger partial charge < -0.3 is 0 Å². The third kappa shape index (κ3) is 5.36. The highest BCUT2D eigenvalue weighted by molar-refractivity contribution is 7.23. The van der Waals surface area contributed by atoms with E-state index in [1.54, 1.807) is 11.3 Å². The molecule has 5 heteroatoms. The molecule has 0 atom stereocenters. The van der Waals surface area contributed by atoms with Gasteiger partial charge in [-0.05, 0) is 69.8 Å². The Morgan fingerprint density at radius 2 is 0.923 bits per heavy atom. The molecule has 0 saturated heterocycles.